The van der Waals surface area contributed by atoms with E-state index in [1.54, 1.807) is 4.57 Å². The fourth-order valence-corrected chi connectivity index (χ4v) is 5.46. The number of alkyl halides is 2. The van der Waals surface area contributed by atoms with Gasteiger partial charge in [0, 0.05) is 43.4 Å². The van der Waals surface area contributed by atoms with Gasteiger partial charge in [0.1, 0.15) is 11.2 Å². The summed E-state index contributed by atoms with van der Waals surface area (Å²) in [7, 11) is 1.24. The molecule has 190 valence electrons. The molecule has 2 aromatic rings. The molecule has 2 atom stereocenters. The van der Waals surface area contributed by atoms with Crippen molar-refractivity contribution >= 4 is 29.2 Å². The van der Waals surface area contributed by atoms with Crippen LogP contribution < -0.4 is 16.0 Å². The molecule has 1 aliphatic heterocycles. The third-order valence-electron chi connectivity index (χ3n) is 7.18. The molecule has 8 nitrogen and oxygen atoms in total. The van der Waals surface area contributed by atoms with Gasteiger partial charge in [-0.3, -0.25) is 19.2 Å². The first-order valence-electron chi connectivity index (χ1n) is 11.3. The van der Waals surface area contributed by atoms with E-state index in [-0.39, 0.29) is 34.5 Å². The highest BCUT2D eigenvalue weighted by molar-refractivity contribution is 6.44. The molecule has 1 unspecified atom stereocenters. The van der Waals surface area contributed by atoms with Crippen LogP contribution in [0, 0.1) is 24.5 Å². The summed E-state index contributed by atoms with van der Waals surface area (Å²) in [4.78, 5) is 51.5. The maximum absolute atomic E-state index is 13.6. The third kappa shape index (κ3) is 3.66. The lowest BCUT2D eigenvalue weighted by molar-refractivity contribution is -0.164. The number of hydrogen-bond donors (Lipinski definition) is 3. The number of likely N-dealkylation sites (N-methyl/N-ethyl adjacent to an activating group) is 1. The van der Waals surface area contributed by atoms with Crippen LogP contribution in [0.2, 0.25) is 0 Å². The summed E-state index contributed by atoms with van der Waals surface area (Å²) >= 11 is 0. The number of hydrogen-bond acceptors (Lipinski definition) is 4. The van der Waals surface area contributed by atoms with Crippen LogP contribution in [0.1, 0.15) is 57.4 Å². The van der Waals surface area contributed by atoms with Crippen molar-refractivity contribution in [3.8, 4) is 0 Å². The smallest absolute Gasteiger partial charge is 0.293 e. The second kappa shape index (κ2) is 7.90. The molecule has 2 aliphatic carbocycles. The fraction of sp³-hybridized carbons (Fsp3) is 0.417. The Labute approximate surface area is 202 Å². The molecule has 36 heavy (non-hydrogen) atoms. The van der Waals surface area contributed by atoms with Gasteiger partial charge < -0.3 is 20.5 Å². The summed E-state index contributed by atoms with van der Waals surface area (Å²) in [5.74, 6) is -8.96. The lowest BCUT2D eigenvalue weighted by Crippen LogP contribution is -2.69. The molecule has 5 rings (SSSR count). The number of nitrogens with one attached hydrogen (secondary N) is 3. The van der Waals surface area contributed by atoms with E-state index >= 15 is 0 Å². The van der Waals surface area contributed by atoms with Crippen molar-refractivity contribution in [2.24, 2.45) is 5.92 Å². The van der Waals surface area contributed by atoms with E-state index in [0.29, 0.717) is 12.1 Å². The monoisotopic (exact) mass is 506 g/mol. The zero-order chi connectivity index (χ0) is 26.2. The number of carbonyl (C=O) groups is 4. The molecule has 0 radical (unpaired) electrons. The highest BCUT2D eigenvalue weighted by Gasteiger charge is 2.62. The summed E-state index contributed by atoms with van der Waals surface area (Å²) in [6.07, 6.45) is -0.645. The van der Waals surface area contributed by atoms with E-state index in [1.165, 1.54) is 20.0 Å². The molecule has 2 heterocycles. The van der Waals surface area contributed by atoms with E-state index < -0.39 is 59.4 Å². The van der Waals surface area contributed by atoms with E-state index in [9.17, 15) is 36.7 Å². The number of anilines is 1. The topological polar surface area (TPSA) is 109 Å². The number of amides is 3. The van der Waals surface area contributed by atoms with Crippen LogP contribution in [-0.2, 0) is 16.0 Å². The highest BCUT2D eigenvalue weighted by Crippen LogP contribution is 2.54. The average Bonchev–Trinajstić information content (AvgIpc) is 3.37. The first-order chi connectivity index (χ1) is 16.9. The molecule has 0 saturated heterocycles. The molecule has 3 amide bonds. The number of aromatic nitrogens is 1. The quantitative estimate of drug-likeness (QED) is 0.318. The Kier molecular flexibility index (Phi) is 5.27. The van der Waals surface area contributed by atoms with Gasteiger partial charge >= 0.3 is 0 Å². The van der Waals surface area contributed by atoms with Crippen molar-refractivity contribution in [1.82, 2.24) is 15.2 Å². The van der Waals surface area contributed by atoms with Crippen LogP contribution in [-0.4, -0.2) is 46.6 Å². The van der Waals surface area contributed by atoms with Gasteiger partial charge in [-0.05, 0) is 43.4 Å². The Morgan fingerprint density at radius 3 is 2.39 bits per heavy atom. The van der Waals surface area contributed by atoms with Crippen LogP contribution in [0.4, 0.5) is 23.2 Å². The van der Waals surface area contributed by atoms with Crippen molar-refractivity contribution in [2.45, 2.75) is 50.1 Å². The summed E-state index contributed by atoms with van der Waals surface area (Å²) in [6.45, 7) is 1.48. The molecule has 0 spiro atoms. The fourth-order valence-electron chi connectivity index (χ4n) is 5.46. The number of carbonyl (C=O) groups excluding carboxylic acids is 4. The van der Waals surface area contributed by atoms with E-state index in [4.69, 9.17) is 0 Å². The summed E-state index contributed by atoms with van der Waals surface area (Å²) in [5.41, 5.74) is -1.15. The molecule has 0 bridgehead atoms. The van der Waals surface area contributed by atoms with Crippen molar-refractivity contribution in [3.63, 3.8) is 0 Å². The van der Waals surface area contributed by atoms with Crippen LogP contribution in [0.15, 0.2) is 18.2 Å². The normalized spacial score (nSPS) is 22.1. The molecule has 3 aliphatic rings. The van der Waals surface area contributed by atoms with E-state index in [0.717, 1.165) is 18.6 Å². The number of ketones is 1. The van der Waals surface area contributed by atoms with Crippen LogP contribution in [0.25, 0.3) is 0 Å². The van der Waals surface area contributed by atoms with Gasteiger partial charge in [-0.15, -0.1) is 0 Å². The molecular weight excluding hydrogens is 484 g/mol. The molecule has 1 aromatic heterocycles. The van der Waals surface area contributed by atoms with E-state index in [1.807, 2.05) is 0 Å². The molecule has 3 N–H and O–H groups in total. The molecule has 2 saturated carbocycles. The van der Waals surface area contributed by atoms with Gasteiger partial charge in [-0.2, -0.15) is 0 Å². The third-order valence-corrected chi connectivity index (χ3v) is 7.18. The summed E-state index contributed by atoms with van der Waals surface area (Å²) in [6, 6.07) is 2.83. The zero-order valence-corrected chi connectivity index (χ0v) is 19.3. The van der Waals surface area contributed by atoms with Gasteiger partial charge in [-0.25, -0.2) is 17.6 Å². The highest BCUT2D eigenvalue weighted by atomic mass is 19.3. The molecule has 12 heteroatoms. The van der Waals surface area contributed by atoms with Crippen molar-refractivity contribution in [1.29, 1.82) is 0 Å². The van der Waals surface area contributed by atoms with Gasteiger partial charge in [0.2, 0.25) is 5.91 Å². The maximum atomic E-state index is 13.6. The number of benzene rings is 1. The summed E-state index contributed by atoms with van der Waals surface area (Å²) < 4.78 is 55.8. The second-order valence-electron chi connectivity index (χ2n) is 9.67. The average molecular weight is 506 g/mol. The van der Waals surface area contributed by atoms with Crippen LogP contribution in [0.3, 0.4) is 0 Å². The van der Waals surface area contributed by atoms with Crippen LogP contribution in [0.5, 0.6) is 0 Å². The Morgan fingerprint density at radius 1 is 1.08 bits per heavy atom. The Hall–Kier alpha value is -3.70. The predicted molar refractivity (Wildman–Crippen MR) is 118 cm³/mol. The number of nitrogens with zero attached hydrogens (tertiary/aromatic N) is 1. The van der Waals surface area contributed by atoms with Crippen molar-refractivity contribution in [2.75, 3.05) is 12.4 Å². The molecule has 1 aromatic carbocycles. The number of Topliss-reactive ketones (excluding diaryl/α,β-unsaturated/α-hetero) is 1. The maximum Gasteiger partial charge on any atom is 0.293 e. The molecular formula is C24H22F4N4O4. The summed E-state index contributed by atoms with van der Waals surface area (Å²) in [5, 5.41) is 6.93. The second-order valence-corrected chi connectivity index (χ2v) is 9.67. The zero-order valence-electron chi connectivity index (χ0n) is 19.3. The predicted octanol–water partition coefficient (Wildman–Crippen LogP) is 2.66. The first kappa shape index (κ1) is 24.0. The molecule has 2 fully saturated rings. The standard InChI is InChI=1S/C24H22F4N4O4/c1-10-17(19(33)21(35)31-23(22(36)29-2)8-24(27,28)9-23)16-6-11-5-15(11)32(16)18(10)20(34)30-12-3-4-13(25)14(26)7-12/h3-4,7,11,15H,5-6,8-9H2,1-2H3,(H,29,36)(H,30,34)(H,31,35)/t11-,15?/m1/s1. The minimum absolute atomic E-state index is 0.00300. The first-order valence-corrected chi connectivity index (χ1v) is 11.3. The Bertz CT molecular complexity index is 1340. The van der Waals surface area contributed by atoms with Gasteiger partial charge in [0.05, 0.1) is 5.56 Å². The number of fused-ring (bicyclic) bond motifs is 3. The lowest BCUT2D eigenvalue weighted by Gasteiger charge is -2.45. The van der Waals surface area contributed by atoms with E-state index in [2.05, 4.69) is 16.0 Å². The van der Waals surface area contributed by atoms with Crippen LogP contribution >= 0.6 is 0 Å². The number of rotatable bonds is 6. The van der Waals surface area contributed by atoms with Crippen molar-refractivity contribution < 1.29 is 36.7 Å². The largest absolute Gasteiger partial charge is 0.357 e. The van der Waals surface area contributed by atoms with Gasteiger partial charge in [0.15, 0.2) is 11.6 Å². The van der Waals surface area contributed by atoms with Crippen molar-refractivity contribution in [3.05, 3.63) is 52.3 Å². The minimum Gasteiger partial charge on any atom is -0.357 e. The Balaban J connectivity index is 1.45. The lowest BCUT2D eigenvalue weighted by atomic mass is 9.72. The Morgan fingerprint density at radius 2 is 1.78 bits per heavy atom. The minimum atomic E-state index is -3.15. The van der Waals surface area contributed by atoms with Gasteiger partial charge in [0.25, 0.3) is 23.5 Å². The van der Waals surface area contributed by atoms with Gasteiger partial charge in [-0.1, -0.05) is 0 Å². The number of halogens is 4. The SMILES string of the molecule is CNC(=O)C1(NC(=O)C(=O)c2c(C)c(C(=O)Nc3ccc(F)c(F)c3)n3c2C[C@H]2CC23)CC(F)(F)C1.